The smallest absolute Gasteiger partial charge is 0.310 e. The zero-order valence-corrected chi connectivity index (χ0v) is 12.8. The van der Waals surface area contributed by atoms with Gasteiger partial charge in [0.2, 0.25) is 0 Å². The summed E-state index contributed by atoms with van der Waals surface area (Å²) in [5, 5.41) is 0. The second-order valence-corrected chi connectivity index (χ2v) is 6.52. The van der Waals surface area contributed by atoms with Gasteiger partial charge in [0.1, 0.15) is 6.10 Å². The summed E-state index contributed by atoms with van der Waals surface area (Å²) in [6.07, 6.45) is 3.95. The van der Waals surface area contributed by atoms with Crippen LogP contribution < -0.4 is 0 Å². The van der Waals surface area contributed by atoms with Gasteiger partial charge in [0.25, 0.3) is 0 Å². The molecule has 20 heavy (non-hydrogen) atoms. The van der Waals surface area contributed by atoms with Gasteiger partial charge in [-0.2, -0.15) is 0 Å². The van der Waals surface area contributed by atoms with E-state index in [2.05, 4.69) is 20.8 Å². The van der Waals surface area contributed by atoms with E-state index in [1.165, 1.54) is 12.8 Å². The highest BCUT2D eigenvalue weighted by atomic mass is 16.5. The minimum Gasteiger partial charge on any atom is -0.462 e. The molecule has 1 fully saturated rings. The molecule has 0 aliphatic heterocycles. The van der Waals surface area contributed by atoms with Crippen molar-refractivity contribution in [3.63, 3.8) is 0 Å². The van der Waals surface area contributed by atoms with Crippen LogP contribution in [0.25, 0.3) is 0 Å². The fourth-order valence-corrected chi connectivity index (χ4v) is 3.22. The average Bonchev–Trinajstić information content (AvgIpc) is 2.39. The van der Waals surface area contributed by atoms with Crippen LogP contribution in [0.4, 0.5) is 0 Å². The number of carbonyl (C=O) groups is 1. The standard InChI is InChI=1S/C18H26O2/c1-13(2)16-10-9-14(3)11-17(16)20-18(19)12-15-7-5-4-6-8-15/h4-8,13-14,16-17H,9-12H2,1-3H3/t14-,16+,17+/m1/s1. The lowest BCUT2D eigenvalue weighted by atomic mass is 9.75. The topological polar surface area (TPSA) is 26.3 Å². The molecule has 2 heteroatoms. The number of benzene rings is 1. The molecular formula is C18H26O2. The summed E-state index contributed by atoms with van der Waals surface area (Å²) in [7, 11) is 0. The number of ether oxygens (including phenoxy) is 1. The van der Waals surface area contributed by atoms with E-state index in [-0.39, 0.29) is 12.1 Å². The summed E-state index contributed by atoms with van der Waals surface area (Å²) < 4.78 is 5.80. The maximum atomic E-state index is 12.1. The molecule has 0 radical (unpaired) electrons. The zero-order valence-electron chi connectivity index (χ0n) is 12.8. The molecule has 1 aromatic carbocycles. The molecule has 3 atom stereocenters. The maximum absolute atomic E-state index is 12.1. The van der Waals surface area contributed by atoms with Crippen molar-refractivity contribution in [1.82, 2.24) is 0 Å². The largest absolute Gasteiger partial charge is 0.462 e. The van der Waals surface area contributed by atoms with Crippen molar-refractivity contribution in [2.75, 3.05) is 0 Å². The normalized spacial score (nSPS) is 26.5. The van der Waals surface area contributed by atoms with Crippen molar-refractivity contribution in [3.8, 4) is 0 Å². The number of hydrogen-bond acceptors (Lipinski definition) is 2. The third kappa shape index (κ3) is 4.09. The third-order valence-electron chi connectivity index (χ3n) is 4.44. The van der Waals surface area contributed by atoms with E-state index >= 15 is 0 Å². The first kappa shape index (κ1) is 15.1. The van der Waals surface area contributed by atoms with Crippen LogP contribution in [-0.4, -0.2) is 12.1 Å². The molecule has 1 aromatic rings. The summed E-state index contributed by atoms with van der Waals surface area (Å²) in [5.41, 5.74) is 1.03. The van der Waals surface area contributed by atoms with E-state index < -0.39 is 0 Å². The predicted octanol–water partition coefficient (Wildman–Crippen LogP) is 4.23. The van der Waals surface area contributed by atoms with E-state index in [0.717, 1.165) is 12.0 Å². The molecule has 0 aromatic heterocycles. The van der Waals surface area contributed by atoms with E-state index in [9.17, 15) is 4.79 Å². The molecule has 0 bridgehead atoms. The molecule has 0 amide bonds. The van der Waals surface area contributed by atoms with Crippen LogP contribution in [-0.2, 0) is 16.0 Å². The Bertz CT molecular complexity index is 424. The molecule has 2 nitrogen and oxygen atoms in total. The van der Waals surface area contributed by atoms with E-state index in [1.54, 1.807) is 0 Å². The summed E-state index contributed by atoms with van der Waals surface area (Å²) in [5.74, 6) is 1.68. The fourth-order valence-electron chi connectivity index (χ4n) is 3.22. The molecule has 0 heterocycles. The first-order valence-corrected chi connectivity index (χ1v) is 7.79. The molecule has 0 saturated heterocycles. The Labute approximate surface area is 122 Å². The molecule has 1 saturated carbocycles. The highest BCUT2D eigenvalue weighted by Gasteiger charge is 2.33. The Morgan fingerprint density at radius 3 is 2.60 bits per heavy atom. The molecular weight excluding hydrogens is 248 g/mol. The molecule has 1 aliphatic rings. The van der Waals surface area contributed by atoms with Gasteiger partial charge >= 0.3 is 5.97 Å². The second-order valence-electron chi connectivity index (χ2n) is 6.52. The fraction of sp³-hybridized carbons (Fsp3) is 0.611. The van der Waals surface area contributed by atoms with Gasteiger partial charge in [0.05, 0.1) is 6.42 Å². The van der Waals surface area contributed by atoms with E-state index in [0.29, 0.717) is 24.2 Å². The Hall–Kier alpha value is -1.31. The summed E-state index contributed by atoms with van der Waals surface area (Å²) in [4.78, 5) is 12.1. The van der Waals surface area contributed by atoms with Gasteiger partial charge in [0.15, 0.2) is 0 Å². The quantitative estimate of drug-likeness (QED) is 0.768. The molecule has 1 aliphatic carbocycles. The van der Waals surface area contributed by atoms with Crippen LogP contribution in [0, 0.1) is 17.8 Å². The van der Waals surface area contributed by atoms with Crippen LogP contribution in [0.15, 0.2) is 30.3 Å². The molecule has 0 unspecified atom stereocenters. The van der Waals surface area contributed by atoms with E-state index in [1.807, 2.05) is 30.3 Å². The lowest BCUT2D eigenvalue weighted by Gasteiger charge is -2.36. The minimum absolute atomic E-state index is 0.0825. The minimum atomic E-state index is -0.0825. The van der Waals surface area contributed by atoms with Crippen molar-refractivity contribution in [3.05, 3.63) is 35.9 Å². The highest BCUT2D eigenvalue weighted by Crippen LogP contribution is 2.35. The van der Waals surface area contributed by atoms with Gasteiger partial charge in [-0.25, -0.2) is 0 Å². The maximum Gasteiger partial charge on any atom is 0.310 e. The van der Waals surface area contributed by atoms with Crippen molar-refractivity contribution >= 4 is 5.97 Å². The molecule has 110 valence electrons. The van der Waals surface area contributed by atoms with Crippen LogP contribution in [0.5, 0.6) is 0 Å². The lowest BCUT2D eigenvalue weighted by molar-refractivity contribution is -0.155. The summed E-state index contributed by atoms with van der Waals surface area (Å²) in [6.45, 7) is 6.73. The second kappa shape index (κ2) is 6.92. The predicted molar refractivity (Wildman–Crippen MR) is 81.4 cm³/mol. The van der Waals surface area contributed by atoms with Gasteiger partial charge < -0.3 is 4.74 Å². The van der Waals surface area contributed by atoms with Crippen molar-refractivity contribution in [2.24, 2.45) is 17.8 Å². The molecule has 2 rings (SSSR count). The first-order valence-electron chi connectivity index (χ1n) is 7.79. The van der Waals surface area contributed by atoms with Crippen molar-refractivity contribution in [2.45, 2.75) is 52.6 Å². The van der Waals surface area contributed by atoms with Gasteiger partial charge in [0, 0.05) is 0 Å². The first-order chi connectivity index (χ1) is 9.56. The monoisotopic (exact) mass is 274 g/mol. The number of carbonyl (C=O) groups excluding carboxylic acids is 1. The third-order valence-corrected chi connectivity index (χ3v) is 4.44. The van der Waals surface area contributed by atoms with Crippen LogP contribution in [0.3, 0.4) is 0 Å². The number of rotatable bonds is 4. The van der Waals surface area contributed by atoms with Crippen LogP contribution in [0.1, 0.15) is 45.6 Å². The van der Waals surface area contributed by atoms with E-state index in [4.69, 9.17) is 4.74 Å². The van der Waals surface area contributed by atoms with Gasteiger partial charge in [-0.3, -0.25) is 4.79 Å². The van der Waals surface area contributed by atoms with Crippen LogP contribution in [0.2, 0.25) is 0 Å². The lowest BCUT2D eigenvalue weighted by Crippen LogP contribution is -2.36. The SMILES string of the molecule is CC(C)[C@@H]1CC[C@@H](C)C[C@@H]1OC(=O)Cc1ccccc1. The number of hydrogen-bond donors (Lipinski definition) is 0. The Morgan fingerprint density at radius 1 is 1.25 bits per heavy atom. The van der Waals surface area contributed by atoms with Gasteiger partial charge in [-0.05, 0) is 36.2 Å². The highest BCUT2D eigenvalue weighted by molar-refractivity contribution is 5.72. The Kier molecular flexibility index (Phi) is 5.22. The molecule has 0 spiro atoms. The average molecular weight is 274 g/mol. The van der Waals surface area contributed by atoms with Crippen molar-refractivity contribution < 1.29 is 9.53 Å². The molecule has 0 N–H and O–H groups in total. The zero-order chi connectivity index (χ0) is 14.5. The van der Waals surface area contributed by atoms with Gasteiger partial charge in [-0.1, -0.05) is 57.5 Å². The Morgan fingerprint density at radius 2 is 1.95 bits per heavy atom. The summed E-state index contributed by atoms with van der Waals surface area (Å²) in [6, 6.07) is 9.84. The van der Waals surface area contributed by atoms with Gasteiger partial charge in [-0.15, -0.1) is 0 Å². The Balaban J connectivity index is 1.94. The van der Waals surface area contributed by atoms with Crippen LogP contribution >= 0.6 is 0 Å². The summed E-state index contributed by atoms with van der Waals surface area (Å²) >= 11 is 0. The van der Waals surface area contributed by atoms with Crippen molar-refractivity contribution in [1.29, 1.82) is 0 Å². The number of esters is 1.